The Morgan fingerprint density at radius 3 is 2.59 bits per heavy atom. The Kier molecular flexibility index (Phi) is 4.43. The van der Waals surface area contributed by atoms with E-state index < -0.39 is 0 Å². The first-order valence-electron chi connectivity index (χ1n) is 7.04. The van der Waals surface area contributed by atoms with Crippen molar-refractivity contribution in [2.24, 2.45) is 17.8 Å². The van der Waals surface area contributed by atoms with Crippen LogP contribution >= 0.6 is 0 Å². The van der Waals surface area contributed by atoms with Gasteiger partial charge in [0.25, 0.3) is 0 Å². The van der Waals surface area contributed by atoms with Crippen LogP contribution in [0.3, 0.4) is 0 Å². The topological polar surface area (TPSA) is 38.3 Å². The van der Waals surface area contributed by atoms with Gasteiger partial charge in [0.05, 0.1) is 6.61 Å². The molecule has 3 heteroatoms. The van der Waals surface area contributed by atoms with Crippen LogP contribution in [-0.2, 0) is 9.53 Å². The summed E-state index contributed by atoms with van der Waals surface area (Å²) in [5.41, 5.74) is 0. The maximum atomic E-state index is 11.8. The van der Waals surface area contributed by atoms with Crippen molar-refractivity contribution < 1.29 is 9.53 Å². The minimum Gasteiger partial charge on any atom is -0.368 e. The van der Waals surface area contributed by atoms with E-state index in [2.05, 4.69) is 12.2 Å². The van der Waals surface area contributed by atoms with Crippen molar-refractivity contribution in [3.05, 3.63) is 0 Å². The number of hydrogen-bond acceptors (Lipinski definition) is 2. The van der Waals surface area contributed by atoms with E-state index in [4.69, 9.17) is 4.74 Å². The van der Waals surface area contributed by atoms with Crippen molar-refractivity contribution in [3.63, 3.8) is 0 Å². The van der Waals surface area contributed by atoms with Gasteiger partial charge in [0.2, 0.25) is 5.91 Å². The molecule has 1 N–H and O–H groups in total. The fraction of sp³-hybridized carbons (Fsp3) is 0.929. The Hall–Kier alpha value is -0.570. The molecular weight excluding hydrogens is 214 g/mol. The summed E-state index contributed by atoms with van der Waals surface area (Å²) in [4.78, 5) is 11.8. The minimum atomic E-state index is -0.212. The summed E-state index contributed by atoms with van der Waals surface area (Å²) in [6.45, 7) is 3.03. The second-order valence-electron chi connectivity index (χ2n) is 5.80. The zero-order valence-corrected chi connectivity index (χ0v) is 11.1. The molecule has 98 valence electrons. The van der Waals surface area contributed by atoms with E-state index in [1.807, 2.05) is 0 Å². The van der Waals surface area contributed by atoms with Crippen LogP contribution in [0.25, 0.3) is 0 Å². The molecule has 0 aromatic heterocycles. The van der Waals surface area contributed by atoms with E-state index in [9.17, 15) is 4.79 Å². The maximum Gasteiger partial charge on any atom is 0.248 e. The summed E-state index contributed by atoms with van der Waals surface area (Å²) in [5.74, 6) is 2.25. The lowest BCUT2D eigenvalue weighted by Crippen LogP contribution is -2.35. The predicted molar refractivity (Wildman–Crippen MR) is 67.7 cm³/mol. The molecule has 2 rings (SSSR count). The third-order valence-corrected chi connectivity index (χ3v) is 4.34. The smallest absolute Gasteiger partial charge is 0.248 e. The van der Waals surface area contributed by atoms with Crippen molar-refractivity contribution in [2.75, 3.05) is 13.7 Å². The lowest BCUT2D eigenvalue weighted by Gasteiger charge is -2.18. The van der Waals surface area contributed by atoms with E-state index in [1.165, 1.54) is 32.1 Å². The van der Waals surface area contributed by atoms with Crippen LogP contribution < -0.4 is 5.32 Å². The fourth-order valence-corrected chi connectivity index (χ4v) is 2.84. The molecule has 2 aliphatic rings. The molecule has 17 heavy (non-hydrogen) atoms. The van der Waals surface area contributed by atoms with Crippen LogP contribution in [0.1, 0.15) is 45.4 Å². The van der Waals surface area contributed by atoms with Crippen LogP contribution in [0.5, 0.6) is 0 Å². The SMILES string of the molecule is CNC(=O)C(CC1CC1C)OCC1CCCC1. The van der Waals surface area contributed by atoms with Gasteiger partial charge in [-0.3, -0.25) is 4.79 Å². The van der Waals surface area contributed by atoms with Gasteiger partial charge in [0.1, 0.15) is 6.10 Å². The van der Waals surface area contributed by atoms with E-state index in [0.29, 0.717) is 11.8 Å². The highest BCUT2D eigenvalue weighted by Gasteiger charge is 2.36. The van der Waals surface area contributed by atoms with Gasteiger partial charge in [0.15, 0.2) is 0 Å². The van der Waals surface area contributed by atoms with Crippen molar-refractivity contribution in [2.45, 2.75) is 51.6 Å². The molecule has 2 fully saturated rings. The summed E-state index contributed by atoms with van der Waals surface area (Å²) < 4.78 is 5.87. The molecule has 1 amide bonds. The van der Waals surface area contributed by atoms with Gasteiger partial charge in [-0.15, -0.1) is 0 Å². The number of amides is 1. The average Bonchev–Trinajstić information content (AvgIpc) is 2.83. The Labute approximate surface area is 104 Å². The van der Waals surface area contributed by atoms with Crippen LogP contribution in [0, 0.1) is 17.8 Å². The molecule has 2 aliphatic carbocycles. The molecule has 3 atom stereocenters. The highest BCUT2D eigenvalue weighted by molar-refractivity contribution is 5.80. The van der Waals surface area contributed by atoms with Crippen LogP contribution in [-0.4, -0.2) is 25.7 Å². The molecule has 2 saturated carbocycles. The van der Waals surface area contributed by atoms with Gasteiger partial charge >= 0.3 is 0 Å². The molecule has 0 aliphatic heterocycles. The van der Waals surface area contributed by atoms with Gasteiger partial charge in [-0.1, -0.05) is 19.8 Å². The summed E-state index contributed by atoms with van der Waals surface area (Å²) in [6, 6.07) is 0. The normalized spacial score (nSPS) is 30.2. The van der Waals surface area contributed by atoms with Gasteiger partial charge in [-0.05, 0) is 43.4 Å². The first-order valence-corrected chi connectivity index (χ1v) is 7.04. The first kappa shape index (κ1) is 12.9. The molecule has 0 saturated heterocycles. The molecule has 3 nitrogen and oxygen atoms in total. The molecule has 0 spiro atoms. The van der Waals surface area contributed by atoms with Crippen molar-refractivity contribution in [1.82, 2.24) is 5.32 Å². The molecule has 0 heterocycles. The van der Waals surface area contributed by atoms with E-state index in [-0.39, 0.29) is 12.0 Å². The Morgan fingerprint density at radius 2 is 2.06 bits per heavy atom. The first-order chi connectivity index (χ1) is 8.20. The maximum absolute atomic E-state index is 11.8. The molecule has 0 bridgehead atoms. The number of carbonyl (C=O) groups is 1. The number of hydrogen-bond donors (Lipinski definition) is 1. The molecule has 0 radical (unpaired) electrons. The highest BCUT2D eigenvalue weighted by Crippen LogP contribution is 2.41. The summed E-state index contributed by atoms with van der Waals surface area (Å²) >= 11 is 0. The van der Waals surface area contributed by atoms with Gasteiger partial charge < -0.3 is 10.1 Å². The largest absolute Gasteiger partial charge is 0.368 e. The predicted octanol–water partition coefficient (Wildman–Crippen LogP) is 2.35. The van der Waals surface area contributed by atoms with E-state index in [0.717, 1.165) is 18.9 Å². The number of nitrogens with one attached hydrogen (secondary N) is 1. The molecule has 0 aromatic rings. The van der Waals surface area contributed by atoms with Crippen molar-refractivity contribution in [3.8, 4) is 0 Å². The second kappa shape index (κ2) is 5.85. The number of rotatable bonds is 6. The molecule has 3 unspecified atom stereocenters. The quantitative estimate of drug-likeness (QED) is 0.772. The minimum absolute atomic E-state index is 0.0575. The Morgan fingerprint density at radius 1 is 1.41 bits per heavy atom. The average molecular weight is 239 g/mol. The third kappa shape index (κ3) is 3.70. The van der Waals surface area contributed by atoms with Crippen LogP contribution in [0.4, 0.5) is 0 Å². The summed E-state index contributed by atoms with van der Waals surface area (Å²) in [5, 5.41) is 2.72. The van der Waals surface area contributed by atoms with Crippen LogP contribution in [0.2, 0.25) is 0 Å². The number of likely N-dealkylation sites (N-methyl/N-ethyl adjacent to an activating group) is 1. The monoisotopic (exact) mass is 239 g/mol. The molecular formula is C14H25NO2. The summed E-state index contributed by atoms with van der Waals surface area (Å²) in [6.07, 6.45) is 7.18. The standard InChI is InChI=1S/C14H25NO2/c1-10-7-12(10)8-13(14(16)15-2)17-9-11-5-3-4-6-11/h10-13H,3-9H2,1-2H3,(H,15,16). The van der Waals surface area contributed by atoms with Gasteiger partial charge in [0, 0.05) is 7.05 Å². The van der Waals surface area contributed by atoms with Gasteiger partial charge in [-0.2, -0.15) is 0 Å². The highest BCUT2D eigenvalue weighted by atomic mass is 16.5. The molecule has 0 aromatic carbocycles. The van der Waals surface area contributed by atoms with Gasteiger partial charge in [-0.25, -0.2) is 0 Å². The Balaban J connectivity index is 1.75. The summed E-state index contributed by atoms with van der Waals surface area (Å²) in [7, 11) is 1.70. The van der Waals surface area contributed by atoms with Crippen molar-refractivity contribution >= 4 is 5.91 Å². The second-order valence-corrected chi connectivity index (χ2v) is 5.80. The third-order valence-electron chi connectivity index (χ3n) is 4.34. The number of ether oxygens (including phenoxy) is 1. The fourth-order valence-electron chi connectivity index (χ4n) is 2.84. The van der Waals surface area contributed by atoms with E-state index >= 15 is 0 Å². The zero-order valence-electron chi connectivity index (χ0n) is 11.1. The lowest BCUT2D eigenvalue weighted by molar-refractivity contribution is -0.134. The van der Waals surface area contributed by atoms with Crippen LogP contribution in [0.15, 0.2) is 0 Å². The number of carbonyl (C=O) groups excluding carboxylic acids is 1. The van der Waals surface area contributed by atoms with Crippen molar-refractivity contribution in [1.29, 1.82) is 0 Å². The lowest BCUT2D eigenvalue weighted by atomic mass is 10.1. The Bertz CT molecular complexity index is 261. The van der Waals surface area contributed by atoms with E-state index in [1.54, 1.807) is 7.05 Å². The zero-order chi connectivity index (χ0) is 12.3.